The number of halogens is 4. The molecule has 0 spiro atoms. The van der Waals surface area contributed by atoms with E-state index in [2.05, 4.69) is 10.3 Å². The van der Waals surface area contributed by atoms with Crippen LogP contribution >= 0.6 is 11.3 Å². The number of amides is 1. The van der Waals surface area contributed by atoms with Crippen molar-refractivity contribution < 1.29 is 22.4 Å². The number of rotatable bonds is 4. The van der Waals surface area contributed by atoms with Gasteiger partial charge in [0.05, 0.1) is 10.4 Å². The maximum atomic E-state index is 13.4. The van der Waals surface area contributed by atoms with Crippen LogP contribution in [0.2, 0.25) is 0 Å². The topological polar surface area (TPSA) is 45.2 Å². The number of pyridine rings is 1. The van der Waals surface area contributed by atoms with Crippen molar-refractivity contribution in [2.75, 3.05) is 11.9 Å². The Bertz CT molecular complexity index is 1090. The third kappa shape index (κ3) is 4.66. The average Bonchev–Trinajstić information content (AvgIpc) is 3.19. The summed E-state index contributed by atoms with van der Waals surface area (Å²) in [4.78, 5) is 18.3. The molecule has 1 aliphatic rings. The number of carbonyl (C=O) groups excluding carboxylic acids is 1. The normalized spacial score (nSPS) is 19.4. The summed E-state index contributed by atoms with van der Waals surface area (Å²) < 4.78 is 53.3. The summed E-state index contributed by atoms with van der Waals surface area (Å²) in [5.41, 5.74) is -0.0973. The molecular weight excluding hydrogens is 430 g/mol. The monoisotopic (exact) mass is 451 g/mol. The predicted octanol–water partition coefficient (Wildman–Crippen LogP) is 5.63. The first-order valence-corrected chi connectivity index (χ1v) is 10.8. The van der Waals surface area contributed by atoms with Crippen molar-refractivity contribution >= 4 is 33.8 Å². The highest BCUT2D eigenvalue weighted by Gasteiger charge is 2.34. The molecule has 9 heteroatoms. The van der Waals surface area contributed by atoms with Gasteiger partial charge in [0.1, 0.15) is 5.69 Å². The highest BCUT2D eigenvalue weighted by molar-refractivity contribution is 7.12. The van der Waals surface area contributed by atoms with Gasteiger partial charge in [-0.05, 0) is 49.9 Å². The lowest BCUT2D eigenvalue weighted by Gasteiger charge is -2.36. The van der Waals surface area contributed by atoms with Crippen LogP contribution in [0.3, 0.4) is 0 Å². The second-order valence-electron chi connectivity index (χ2n) is 7.74. The molecule has 0 radical (unpaired) electrons. The van der Waals surface area contributed by atoms with E-state index >= 15 is 0 Å². The van der Waals surface area contributed by atoms with Gasteiger partial charge in [0, 0.05) is 30.2 Å². The number of alkyl halides is 3. The van der Waals surface area contributed by atoms with Crippen LogP contribution in [0.4, 0.5) is 23.2 Å². The van der Waals surface area contributed by atoms with Gasteiger partial charge in [-0.3, -0.25) is 4.79 Å². The summed E-state index contributed by atoms with van der Waals surface area (Å²) >= 11 is 0.807. The molecular formula is C22H21F4N3OS. The minimum atomic E-state index is -4.52. The molecule has 2 aromatic heterocycles. The molecule has 164 valence electrons. The fraction of sp³-hybridized carbons (Fsp3) is 0.364. The number of nitrogens with one attached hydrogen (secondary N) is 1. The predicted molar refractivity (Wildman–Crippen MR) is 113 cm³/mol. The largest absolute Gasteiger partial charge is 0.433 e. The molecule has 1 fully saturated rings. The van der Waals surface area contributed by atoms with Gasteiger partial charge in [-0.25, -0.2) is 4.98 Å². The standard InChI is InChI=1S/C22H21F4N3OS/c1-29(17-12-19(22(24,25)26)28-16-5-3-2-4-15(16)17)14-8-6-13(7-9-14)27-21(30)18-10-11-20(23)31-18/h2-5,10-14H,6-9H2,1H3,(H,27,30)/t13-,14+. The summed E-state index contributed by atoms with van der Waals surface area (Å²) in [6.07, 6.45) is -1.69. The van der Waals surface area contributed by atoms with Crippen molar-refractivity contribution in [3.8, 4) is 0 Å². The van der Waals surface area contributed by atoms with Crippen LogP contribution in [0.25, 0.3) is 10.9 Å². The summed E-state index contributed by atoms with van der Waals surface area (Å²) in [7, 11) is 1.81. The molecule has 2 heterocycles. The molecule has 0 bridgehead atoms. The SMILES string of the molecule is CN(c1cc(C(F)(F)F)nc2ccccc12)[C@H]1CC[C@@H](NC(=O)c2ccc(F)s2)CC1. The van der Waals surface area contributed by atoms with E-state index in [9.17, 15) is 22.4 Å². The lowest BCUT2D eigenvalue weighted by atomic mass is 9.89. The number of benzene rings is 1. The second kappa shape index (κ2) is 8.45. The van der Waals surface area contributed by atoms with Crippen LogP contribution in [-0.4, -0.2) is 30.0 Å². The first kappa shape index (κ1) is 21.5. The van der Waals surface area contributed by atoms with Gasteiger partial charge in [0.25, 0.3) is 5.91 Å². The Morgan fingerprint density at radius 2 is 1.84 bits per heavy atom. The summed E-state index contributed by atoms with van der Waals surface area (Å²) in [6.45, 7) is 0. The van der Waals surface area contributed by atoms with Crippen LogP contribution in [0, 0.1) is 5.13 Å². The van der Waals surface area contributed by atoms with E-state index in [1.807, 2.05) is 4.90 Å². The Morgan fingerprint density at radius 3 is 2.48 bits per heavy atom. The summed E-state index contributed by atoms with van der Waals surface area (Å²) in [6, 6.07) is 10.7. The van der Waals surface area contributed by atoms with E-state index < -0.39 is 17.0 Å². The Labute approximate surface area is 180 Å². The second-order valence-corrected chi connectivity index (χ2v) is 8.77. The quantitative estimate of drug-likeness (QED) is 0.523. The van der Waals surface area contributed by atoms with Gasteiger partial charge < -0.3 is 10.2 Å². The van der Waals surface area contributed by atoms with Gasteiger partial charge in [-0.1, -0.05) is 18.2 Å². The number of hydrogen-bond donors (Lipinski definition) is 1. The zero-order valence-corrected chi connectivity index (χ0v) is 17.6. The zero-order chi connectivity index (χ0) is 22.2. The van der Waals surface area contributed by atoms with Crippen molar-refractivity contribution in [1.29, 1.82) is 0 Å². The Morgan fingerprint density at radius 1 is 1.13 bits per heavy atom. The molecule has 0 aliphatic heterocycles. The molecule has 1 aliphatic carbocycles. The summed E-state index contributed by atoms with van der Waals surface area (Å²) in [5.74, 6) is -0.291. The molecule has 1 saturated carbocycles. The molecule has 1 aromatic carbocycles. The molecule has 4 rings (SSSR count). The Hall–Kier alpha value is -2.68. The van der Waals surface area contributed by atoms with E-state index in [4.69, 9.17) is 0 Å². The number of anilines is 1. The van der Waals surface area contributed by atoms with Crippen LogP contribution in [0.1, 0.15) is 41.0 Å². The van der Waals surface area contributed by atoms with Gasteiger partial charge >= 0.3 is 6.18 Å². The molecule has 0 atom stereocenters. The summed E-state index contributed by atoms with van der Waals surface area (Å²) in [5, 5.41) is 3.20. The Balaban J connectivity index is 1.48. The molecule has 4 nitrogen and oxygen atoms in total. The molecule has 1 N–H and O–H groups in total. The van der Waals surface area contributed by atoms with Gasteiger partial charge in [-0.2, -0.15) is 17.6 Å². The number of aromatic nitrogens is 1. The third-order valence-corrected chi connectivity index (χ3v) is 6.61. The number of para-hydroxylation sites is 1. The van der Waals surface area contributed by atoms with E-state index in [-0.39, 0.29) is 18.0 Å². The van der Waals surface area contributed by atoms with Crippen molar-refractivity contribution in [2.45, 2.75) is 43.9 Å². The van der Waals surface area contributed by atoms with Crippen LogP contribution in [-0.2, 0) is 6.18 Å². The number of nitrogens with zero attached hydrogens (tertiary/aromatic N) is 2. The fourth-order valence-electron chi connectivity index (χ4n) is 4.09. The maximum absolute atomic E-state index is 13.4. The first-order chi connectivity index (χ1) is 14.7. The van der Waals surface area contributed by atoms with E-state index in [1.165, 1.54) is 12.1 Å². The van der Waals surface area contributed by atoms with Crippen molar-refractivity contribution in [3.63, 3.8) is 0 Å². The molecule has 1 amide bonds. The fourth-order valence-corrected chi connectivity index (χ4v) is 4.72. The van der Waals surface area contributed by atoms with Crippen LogP contribution in [0.5, 0.6) is 0 Å². The number of carbonyl (C=O) groups is 1. The van der Waals surface area contributed by atoms with Crippen molar-refractivity contribution in [1.82, 2.24) is 10.3 Å². The first-order valence-electron chi connectivity index (χ1n) is 9.98. The Kier molecular flexibility index (Phi) is 5.88. The average molecular weight is 451 g/mol. The van der Waals surface area contributed by atoms with Gasteiger partial charge in [-0.15, -0.1) is 11.3 Å². The van der Waals surface area contributed by atoms with E-state index in [1.54, 1.807) is 31.3 Å². The number of fused-ring (bicyclic) bond motifs is 1. The lowest BCUT2D eigenvalue weighted by Crippen LogP contribution is -2.42. The number of hydrogen-bond acceptors (Lipinski definition) is 4. The molecule has 0 saturated heterocycles. The van der Waals surface area contributed by atoms with Gasteiger partial charge in [0.15, 0.2) is 5.13 Å². The van der Waals surface area contributed by atoms with Gasteiger partial charge in [0.2, 0.25) is 0 Å². The maximum Gasteiger partial charge on any atom is 0.433 e. The van der Waals surface area contributed by atoms with E-state index in [0.29, 0.717) is 34.3 Å². The zero-order valence-electron chi connectivity index (χ0n) is 16.7. The smallest absolute Gasteiger partial charge is 0.371 e. The molecule has 3 aromatic rings. The molecule has 0 unspecified atom stereocenters. The number of thiophene rings is 1. The van der Waals surface area contributed by atoms with Crippen LogP contribution in [0.15, 0.2) is 42.5 Å². The van der Waals surface area contributed by atoms with E-state index in [0.717, 1.165) is 30.2 Å². The van der Waals surface area contributed by atoms with Crippen molar-refractivity contribution in [2.24, 2.45) is 0 Å². The highest BCUT2D eigenvalue weighted by atomic mass is 32.1. The third-order valence-electron chi connectivity index (χ3n) is 5.74. The minimum Gasteiger partial charge on any atom is -0.371 e. The van der Waals surface area contributed by atoms with Crippen molar-refractivity contribution in [3.05, 3.63) is 58.2 Å². The lowest BCUT2D eigenvalue weighted by molar-refractivity contribution is -0.140. The minimum absolute atomic E-state index is 0.0396. The van der Waals surface area contributed by atoms with Crippen LogP contribution < -0.4 is 10.2 Å². The highest BCUT2D eigenvalue weighted by Crippen LogP contribution is 2.36. The molecule has 31 heavy (non-hydrogen) atoms.